The van der Waals surface area contributed by atoms with E-state index < -0.39 is 10.1 Å². The van der Waals surface area contributed by atoms with Crippen molar-refractivity contribution in [3.8, 4) is 0 Å². The van der Waals surface area contributed by atoms with Gasteiger partial charge in [0.15, 0.2) is 0 Å². The second kappa shape index (κ2) is 5.65. The Bertz CT molecular complexity index is 433. The van der Waals surface area contributed by atoms with Crippen molar-refractivity contribution in [2.75, 3.05) is 6.61 Å². The molecule has 0 radical (unpaired) electrons. The van der Waals surface area contributed by atoms with E-state index in [9.17, 15) is 8.42 Å². The van der Waals surface area contributed by atoms with Crippen LogP contribution in [0.25, 0.3) is 0 Å². The first-order valence-electron chi connectivity index (χ1n) is 6.07. The predicted octanol–water partition coefficient (Wildman–Crippen LogP) is 2.72. The molecule has 0 N–H and O–H groups in total. The minimum Gasteiger partial charge on any atom is -0.270 e. The molecule has 4 heteroatoms. The molecule has 17 heavy (non-hydrogen) atoms. The molecule has 1 saturated carbocycles. The Hall–Kier alpha value is -0.870. The standard InChI is InChI=1S/C13H18O3S/c14-17(15,11-13-8-2-1-3-9-13)16-10-12-6-4-5-7-12/h1-3,8-9,12H,4-7,10-11H2. The highest BCUT2D eigenvalue weighted by molar-refractivity contribution is 7.85. The maximum absolute atomic E-state index is 11.7. The summed E-state index contributed by atoms with van der Waals surface area (Å²) < 4.78 is 28.6. The lowest BCUT2D eigenvalue weighted by atomic mass is 10.1. The summed E-state index contributed by atoms with van der Waals surface area (Å²) in [5.41, 5.74) is 0.777. The van der Waals surface area contributed by atoms with E-state index in [-0.39, 0.29) is 5.75 Å². The number of benzene rings is 1. The fourth-order valence-electron chi connectivity index (χ4n) is 2.20. The van der Waals surface area contributed by atoms with Crippen LogP contribution in [0.4, 0.5) is 0 Å². The smallest absolute Gasteiger partial charge is 0.270 e. The molecule has 1 aliphatic carbocycles. The van der Waals surface area contributed by atoms with E-state index in [1.807, 2.05) is 18.2 Å². The van der Waals surface area contributed by atoms with Crippen molar-refractivity contribution in [3.63, 3.8) is 0 Å². The highest BCUT2D eigenvalue weighted by Crippen LogP contribution is 2.25. The van der Waals surface area contributed by atoms with Gasteiger partial charge < -0.3 is 0 Å². The Kier molecular flexibility index (Phi) is 4.18. The van der Waals surface area contributed by atoms with Crippen LogP contribution in [-0.4, -0.2) is 15.0 Å². The summed E-state index contributed by atoms with van der Waals surface area (Å²) in [6.45, 7) is 0.356. The zero-order valence-electron chi connectivity index (χ0n) is 9.84. The van der Waals surface area contributed by atoms with Crippen molar-refractivity contribution in [2.24, 2.45) is 5.92 Å². The summed E-state index contributed by atoms with van der Waals surface area (Å²) in [4.78, 5) is 0. The molecule has 1 aliphatic rings. The third kappa shape index (κ3) is 4.13. The second-order valence-corrected chi connectivity index (χ2v) is 6.26. The number of hydrogen-bond donors (Lipinski definition) is 0. The predicted molar refractivity (Wildman–Crippen MR) is 67.0 cm³/mol. The Labute approximate surface area is 103 Å². The van der Waals surface area contributed by atoms with Crippen LogP contribution < -0.4 is 0 Å². The first kappa shape index (κ1) is 12.6. The summed E-state index contributed by atoms with van der Waals surface area (Å²) in [5.74, 6) is 0.404. The van der Waals surface area contributed by atoms with Crippen LogP contribution in [0.2, 0.25) is 0 Å². The molecule has 0 aliphatic heterocycles. The molecule has 0 bridgehead atoms. The van der Waals surface area contributed by atoms with Crippen LogP contribution in [0.5, 0.6) is 0 Å². The minimum atomic E-state index is -3.42. The molecule has 0 amide bonds. The summed E-state index contributed by atoms with van der Waals surface area (Å²) >= 11 is 0. The van der Waals surface area contributed by atoms with Crippen molar-refractivity contribution in [2.45, 2.75) is 31.4 Å². The van der Waals surface area contributed by atoms with Crippen LogP contribution in [0, 0.1) is 5.92 Å². The van der Waals surface area contributed by atoms with Gasteiger partial charge in [-0.2, -0.15) is 8.42 Å². The number of rotatable bonds is 5. The second-order valence-electron chi connectivity index (χ2n) is 4.62. The average molecular weight is 254 g/mol. The van der Waals surface area contributed by atoms with Crippen molar-refractivity contribution >= 4 is 10.1 Å². The largest absolute Gasteiger partial charge is 0.271 e. The summed E-state index contributed by atoms with van der Waals surface area (Å²) in [7, 11) is -3.42. The monoisotopic (exact) mass is 254 g/mol. The molecular weight excluding hydrogens is 236 g/mol. The molecule has 0 heterocycles. The average Bonchev–Trinajstić information content (AvgIpc) is 2.80. The molecule has 0 spiro atoms. The van der Waals surface area contributed by atoms with Gasteiger partial charge in [0, 0.05) is 0 Å². The highest BCUT2D eigenvalue weighted by Gasteiger charge is 2.19. The van der Waals surface area contributed by atoms with E-state index in [0.717, 1.165) is 18.4 Å². The van der Waals surface area contributed by atoms with Gasteiger partial charge in [-0.25, -0.2) is 0 Å². The fourth-order valence-corrected chi connectivity index (χ4v) is 3.28. The van der Waals surface area contributed by atoms with Crippen molar-refractivity contribution < 1.29 is 12.6 Å². The Morgan fingerprint density at radius 1 is 1.12 bits per heavy atom. The molecule has 0 aromatic heterocycles. The Morgan fingerprint density at radius 3 is 2.41 bits per heavy atom. The SMILES string of the molecule is O=S(=O)(Cc1ccccc1)OCC1CCCC1. The van der Waals surface area contributed by atoms with Crippen LogP contribution >= 0.6 is 0 Å². The Morgan fingerprint density at radius 2 is 1.76 bits per heavy atom. The van der Waals surface area contributed by atoms with E-state index in [1.165, 1.54) is 12.8 Å². The lowest BCUT2D eigenvalue weighted by Gasteiger charge is -2.10. The van der Waals surface area contributed by atoms with Gasteiger partial charge in [0.25, 0.3) is 10.1 Å². The van der Waals surface area contributed by atoms with Crippen molar-refractivity contribution in [1.29, 1.82) is 0 Å². The Balaban J connectivity index is 1.86. The quantitative estimate of drug-likeness (QED) is 0.759. The van der Waals surface area contributed by atoms with E-state index in [1.54, 1.807) is 12.1 Å². The normalized spacial score (nSPS) is 17.4. The topological polar surface area (TPSA) is 43.4 Å². The van der Waals surface area contributed by atoms with E-state index >= 15 is 0 Å². The van der Waals surface area contributed by atoms with Gasteiger partial charge in [-0.05, 0) is 24.3 Å². The van der Waals surface area contributed by atoms with Gasteiger partial charge in [-0.3, -0.25) is 4.18 Å². The summed E-state index contributed by atoms with van der Waals surface area (Å²) in [5, 5.41) is 0. The van der Waals surface area contributed by atoms with Gasteiger partial charge in [0.2, 0.25) is 0 Å². The maximum Gasteiger partial charge on any atom is 0.271 e. The molecule has 0 atom stereocenters. The first-order valence-corrected chi connectivity index (χ1v) is 7.64. The van der Waals surface area contributed by atoms with Gasteiger partial charge in [-0.1, -0.05) is 43.2 Å². The van der Waals surface area contributed by atoms with Crippen LogP contribution in [0.3, 0.4) is 0 Å². The van der Waals surface area contributed by atoms with E-state index in [4.69, 9.17) is 4.18 Å². The molecule has 2 rings (SSSR count). The minimum absolute atomic E-state index is 0.0272. The van der Waals surface area contributed by atoms with E-state index in [0.29, 0.717) is 12.5 Å². The van der Waals surface area contributed by atoms with Crippen molar-refractivity contribution in [3.05, 3.63) is 35.9 Å². The molecule has 1 aromatic rings. The van der Waals surface area contributed by atoms with E-state index in [2.05, 4.69) is 0 Å². The van der Waals surface area contributed by atoms with Crippen LogP contribution in [0.1, 0.15) is 31.2 Å². The fraction of sp³-hybridized carbons (Fsp3) is 0.538. The lowest BCUT2D eigenvalue weighted by Crippen LogP contribution is -2.14. The molecule has 94 valence electrons. The molecule has 1 aromatic carbocycles. The van der Waals surface area contributed by atoms with Gasteiger partial charge >= 0.3 is 0 Å². The van der Waals surface area contributed by atoms with Gasteiger partial charge in [0.05, 0.1) is 6.61 Å². The third-order valence-corrected chi connectivity index (χ3v) is 4.33. The van der Waals surface area contributed by atoms with Gasteiger partial charge in [0.1, 0.15) is 5.75 Å². The van der Waals surface area contributed by atoms with Gasteiger partial charge in [-0.15, -0.1) is 0 Å². The molecule has 0 unspecified atom stereocenters. The van der Waals surface area contributed by atoms with Crippen LogP contribution in [-0.2, 0) is 20.1 Å². The molecular formula is C13H18O3S. The highest BCUT2D eigenvalue weighted by atomic mass is 32.2. The summed E-state index contributed by atoms with van der Waals surface area (Å²) in [6.07, 6.45) is 4.60. The zero-order valence-corrected chi connectivity index (χ0v) is 10.7. The van der Waals surface area contributed by atoms with Crippen molar-refractivity contribution in [1.82, 2.24) is 0 Å². The first-order chi connectivity index (χ1) is 8.16. The molecule has 1 fully saturated rings. The molecule has 0 saturated heterocycles. The summed E-state index contributed by atoms with van der Waals surface area (Å²) in [6, 6.07) is 9.14. The maximum atomic E-state index is 11.7. The molecule has 3 nitrogen and oxygen atoms in total. The lowest BCUT2D eigenvalue weighted by molar-refractivity contribution is 0.256. The third-order valence-electron chi connectivity index (χ3n) is 3.14. The van der Waals surface area contributed by atoms with Crippen LogP contribution in [0.15, 0.2) is 30.3 Å². The zero-order chi connectivity index (χ0) is 12.1. The number of hydrogen-bond acceptors (Lipinski definition) is 3.